The van der Waals surface area contributed by atoms with Crippen LogP contribution in [0.3, 0.4) is 0 Å². The predicted octanol–water partition coefficient (Wildman–Crippen LogP) is 4.83. The number of hydrogen-bond acceptors (Lipinski definition) is 6. The van der Waals surface area contributed by atoms with E-state index in [1.54, 1.807) is 18.3 Å². The van der Waals surface area contributed by atoms with Gasteiger partial charge in [-0.15, -0.1) is 0 Å². The molecule has 0 amide bonds. The summed E-state index contributed by atoms with van der Waals surface area (Å²) in [6.07, 6.45) is 5.59. The summed E-state index contributed by atoms with van der Waals surface area (Å²) in [6.45, 7) is 2.28. The van der Waals surface area contributed by atoms with Gasteiger partial charge in [-0.25, -0.2) is 4.98 Å². The van der Waals surface area contributed by atoms with Gasteiger partial charge in [-0.2, -0.15) is 10.2 Å². The van der Waals surface area contributed by atoms with Crippen LogP contribution in [0.1, 0.15) is 24.8 Å². The Kier molecular flexibility index (Phi) is 5.34. The fourth-order valence-electron chi connectivity index (χ4n) is 3.30. The van der Waals surface area contributed by atoms with Crippen LogP contribution in [0.5, 0.6) is 0 Å². The van der Waals surface area contributed by atoms with Gasteiger partial charge in [0.05, 0.1) is 11.6 Å². The lowest BCUT2D eigenvalue weighted by Crippen LogP contribution is -2.29. The molecule has 6 nitrogen and oxygen atoms in total. The molecule has 0 bridgehead atoms. The van der Waals surface area contributed by atoms with Gasteiger partial charge >= 0.3 is 0 Å². The molecule has 0 spiro atoms. The van der Waals surface area contributed by atoms with Gasteiger partial charge in [0.25, 0.3) is 0 Å². The highest BCUT2D eigenvalue weighted by molar-refractivity contribution is 5.62. The van der Waals surface area contributed by atoms with Gasteiger partial charge < -0.3 is 15.5 Å². The molecule has 0 atom stereocenters. The molecule has 28 heavy (non-hydrogen) atoms. The van der Waals surface area contributed by atoms with E-state index in [2.05, 4.69) is 55.8 Å². The molecule has 1 aromatic heterocycles. The normalized spacial score (nSPS) is 13.6. The van der Waals surface area contributed by atoms with Crippen molar-refractivity contribution in [3.63, 3.8) is 0 Å². The van der Waals surface area contributed by atoms with Crippen LogP contribution >= 0.6 is 0 Å². The van der Waals surface area contributed by atoms with Gasteiger partial charge in [-0.3, -0.25) is 0 Å². The first kappa shape index (κ1) is 17.8. The van der Waals surface area contributed by atoms with E-state index in [-0.39, 0.29) is 0 Å². The number of rotatable bonds is 5. The average Bonchev–Trinajstić information content (AvgIpc) is 2.76. The van der Waals surface area contributed by atoms with Crippen LogP contribution in [0.25, 0.3) is 0 Å². The number of aromatic nitrogens is 2. The Labute approximate surface area is 164 Å². The van der Waals surface area contributed by atoms with Gasteiger partial charge in [0.15, 0.2) is 0 Å². The molecule has 0 saturated carbocycles. The SMILES string of the molecule is N#Cc1ccc(Nc2ccnc(Nc3ccc(N4CCCCC4)cc3)n2)cc1. The Morgan fingerprint density at radius 3 is 2.21 bits per heavy atom. The van der Waals surface area contributed by atoms with Gasteiger partial charge in [0, 0.05) is 36.3 Å². The number of piperidine rings is 1. The van der Waals surface area contributed by atoms with Crippen LogP contribution in [0, 0.1) is 11.3 Å². The van der Waals surface area contributed by atoms with E-state index in [1.807, 2.05) is 18.2 Å². The quantitative estimate of drug-likeness (QED) is 0.670. The lowest BCUT2D eigenvalue weighted by molar-refractivity contribution is 0.578. The molecule has 2 heterocycles. The maximum Gasteiger partial charge on any atom is 0.229 e. The molecule has 1 saturated heterocycles. The molecule has 0 unspecified atom stereocenters. The molecule has 3 aromatic rings. The largest absolute Gasteiger partial charge is 0.372 e. The van der Waals surface area contributed by atoms with Gasteiger partial charge in [-0.05, 0) is 73.9 Å². The fraction of sp³-hybridized carbons (Fsp3) is 0.227. The third-order valence-corrected chi connectivity index (χ3v) is 4.79. The Bertz CT molecular complexity index is 954. The van der Waals surface area contributed by atoms with Gasteiger partial charge in [0.1, 0.15) is 5.82 Å². The minimum Gasteiger partial charge on any atom is -0.372 e. The van der Waals surface area contributed by atoms with Crippen molar-refractivity contribution in [2.24, 2.45) is 0 Å². The van der Waals surface area contributed by atoms with Crippen molar-refractivity contribution in [1.82, 2.24) is 9.97 Å². The summed E-state index contributed by atoms with van der Waals surface area (Å²) in [4.78, 5) is 11.2. The van der Waals surface area contributed by atoms with E-state index in [4.69, 9.17) is 5.26 Å². The first-order valence-corrected chi connectivity index (χ1v) is 9.52. The summed E-state index contributed by atoms with van der Waals surface area (Å²) in [5.41, 5.74) is 3.72. The molecule has 0 aliphatic carbocycles. The van der Waals surface area contributed by atoms with Crippen LogP contribution in [0.15, 0.2) is 60.8 Å². The molecule has 6 heteroatoms. The Morgan fingerprint density at radius 2 is 1.50 bits per heavy atom. The monoisotopic (exact) mass is 370 g/mol. The third-order valence-electron chi connectivity index (χ3n) is 4.79. The lowest BCUT2D eigenvalue weighted by Gasteiger charge is -2.28. The standard InChI is InChI=1S/C22H22N6/c23-16-17-4-6-18(7-5-17)25-21-12-13-24-22(27-21)26-19-8-10-20(11-9-19)28-14-2-1-3-15-28/h4-13H,1-3,14-15H2,(H2,24,25,26,27). The smallest absolute Gasteiger partial charge is 0.229 e. The highest BCUT2D eigenvalue weighted by atomic mass is 15.1. The highest BCUT2D eigenvalue weighted by Gasteiger charge is 2.10. The predicted molar refractivity (Wildman–Crippen MR) is 112 cm³/mol. The number of benzene rings is 2. The molecule has 2 aromatic carbocycles. The number of nitriles is 1. The van der Waals surface area contributed by atoms with Crippen LogP contribution in [0.4, 0.5) is 28.8 Å². The first-order valence-electron chi connectivity index (χ1n) is 9.52. The average molecular weight is 370 g/mol. The van der Waals surface area contributed by atoms with E-state index in [0.29, 0.717) is 17.3 Å². The van der Waals surface area contributed by atoms with Crippen molar-refractivity contribution in [2.75, 3.05) is 28.6 Å². The number of anilines is 5. The zero-order valence-corrected chi connectivity index (χ0v) is 15.6. The van der Waals surface area contributed by atoms with Crippen LogP contribution < -0.4 is 15.5 Å². The second-order valence-corrected chi connectivity index (χ2v) is 6.80. The molecule has 4 rings (SSSR count). The first-order chi connectivity index (χ1) is 13.8. The van der Waals surface area contributed by atoms with Crippen LogP contribution in [0.2, 0.25) is 0 Å². The molecule has 1 fully saturated rings. The van der Waals surface area contributed by atoms with Crippen molar-refractivity contribution in [3.8, 4) is 6.07 Å². The summed E-state index contributed by atoms with van der Waals surface area (Å²) >= 11 is 0. The van der Waals surface area contributed by atoms with Crippen molar-refractivity contribution in [1.29, 1.82) is 5.26 Å². The summed E-state index contributed by atoms with van der Waals surface area (Å²) in [5, 5.41) is 15.4. The summed E-state index contributed by atoms with van der Waals surface area (Å²) in [5.74, 6) is 1.22. The number of nitrogens with one attached hydrogen (secondary N) is 2. The number of hydrogen-bond donors (Lipinski definition) is 2. The van der Waals surface area contributed by atoms with E-state index in [9.17, 15) is 0 Å². The van der Waals surface area contributed by atoms with Crippen molar-refractivity contribution >= 4 is 28.8 Å². The maximum absolute atomic E-state index is 8.88. The molecule has 1 aliphatic rings. The van der Waals surface area contributed by atoms with Crippen LogP contribution in [-0.2, 0) is 0 Å². The molecule has 2 N–H and O–H groups in total. The molecule has 0 radical (unpaired) electrons. The summed E-state index contributed by atoms with van der Waals surface area (Å²) < 4.78 is 0. The van der Waals surface area contributed by atoms with E-state index >= 15 is 0 Å². The summed E-state index contributed by atoms with van der Waals surface area (Å²) in [7, 11) is 0. The van der Waals surface area contributed by atoms with Gasteiger partial charge in [0.2, 0.25) is 5.95 Å². The van der Waals surface area contributed by atoms with E-state index in [1.165, 1.54) is 24.9 Å². The zero-order valence-electron chi connectivity index (χ0n) is 15.6. The fourth-order valence-corrected chi connectivity index (χ4v) is 3.30. The zero-order chi connectivity index (χ0) is 19.2. The molecule has 1 aliphatic heterocycles. The second-order valence-electron chi connectivity index (χ2n) is 6.80. The minimum atomic E-state index is 0.532. The van der Waals surface area contributed by atoms with E-state index in [0.717, 1.165) is 24.5 Å². The molecular formula is C22H22N6. The van der Waals surface area contributed by atoms with Crippen molar-refractivity contribution in [2.45, 2.75) is 19.3 Å². The minimum absolute atomic E-state index is 0.532. The number of nitrogens with zero attached hydrogens (tertiary/aromatic N) is 4. The summed E-state index contributed by atoms with van der Waals surface area (Å²) in [6, 6.07) is 19.6. The second kappa shape index (κ2) is 8.40. The van der Waals surface area contributed by atoms with Gasteiger partial charge in [-0.1, -0.05) is 0 Å². The topological polar surface area (TPSA) is 76.9 Å². The van der Waals surface area contributed by atoms with Crippen molar-refractivity contribution < 1.29 is 0 Å². The lowest BCUT2D eigenvalue weighted by atomic mass is 10.1. The van der Waals surface area contributed by atoms with Crippen molar-refractivity contribution in [3.05, 3.63) is 66.4 Å². The third kappa shape index (κ3) is 4.38. The maximum atomic E-state index is 8.88. The van der Waals surface area contributed by atoms with Crippen LogP contribution in [-0.4, -0.2) is 23.1 Å². The highest BCUT2D eigenvalue weighted by Crippen LogP contribution is 2.23. The Hall–Kier alpha value is -3.59. The Balaban J connectivity index is 1.42. The molecule has 140 valence electrons. The van der Waals surface area contributed by atoms with E-state index < -0.39 is 0 Å². The molecular weight excluding hydrogens is 348 g/mol. The Morgan fingerprint density at radius 1 is 0.821 bits per heavy atom.